The van der Waals surface area contributed by atoms with Crippen molar-refractivity contribution < 1.29 is 14.1 Å². The van der Waals surface area contributed by atoms with E-state index in [0.29, 0.717) is 5.76 Å². The Labute approximate surface area is 194 Å². The van der Waals surface area contributed by atoms with Crippen LogP contribution in [-0.4, -0.2) is 47.2 Å². The minimum Gasteiger partial charge on any atom is -0.494 e. The Morgan fingerprint density at radius 2 is 2.03 bits per heavy atom. The van der Waals surface area contributed by atoms with Gasteiger partial charge in [0, 0.05) is 36.5 Å². The van der Waals surface area contributed by atoms with E-state index in [1.54, 1.807) is 7.11 Å². The molecule has 2 aromatic heterocycles. The lowest BCUT2D eigenvalue weighted by Gasteiger charge is -2.31. The molecule has 2 fully saturated rings. The van der Waals surface area contributed by atoms with Crippen LogP contribution in [0.2, 0.25) is 0 Å². The molecule has 7 nitrogen and oxygen atoms in total. The van der Waals surface area contributed by atoms with Gasteiger partial charge in [0.1, 0.15) is 11.3 Å². The fourth-order valence-corrected chi connectivity index (χ4v) is 5.17. The van der Waals surface area contributed by atoms with Gasteiger partial charge in [-0.05, 0) is 44.4 Å². The number of hydrogen-bond donors (Lipinski definition) is 1. The molecule has 1 aliphatic heterocycles. The summed E-state index contributed by atoms with van der Waals surface area (Å²) < 4.78 is 10.9. The van der Waals surface area contributed by atoms with Gasteiger partial charge in [0.25, 0.3) is 5.91 Å². The number of methoxy groups -OCH3 is 1. The predicted octanol–water partition coefficient (Wildman–Crippen LogP) is 4.67. The summed E-state index contributed by atoms with van der Waals surface area (Å²) in [5, 5.41) is 8.46. The molecule has 3 aromatic rings. The van der Waals surface area contributed by atoms with Crippen molar-refractivity contribution >= 4 is 16.8 Å². The zero-order valence-electron chi connectivity index (χ0n) is 19.3. The SMILES string of the molecule is COc1cccc2ccc(CN3CCC[C@@H](c4cc(C(=O)NC5CCCCC5)on4)C3)nc12. The summed E-state index contributed by atoms with van der Waals surface area (Å²) in [6, 6.07) is 12.3. The van der Waals surface area contributed by atoms with Crippen LogP contribution in [-0.2, 0) is 6.54 Å². The molecule has 0 spiro atoms. The number of pyridine rings is 1. The molecule has 2 aliphatic rings. The Morgan fingerprint density at radius 3 is 2.88 bits per heavy atom. The van der Waals surface area contributed by atoms with E-state index in [9.17, 15) is 4.79 Å². The Balaban J connectivity index is 1.23. The molecule has 1 aliphatic carbocycles. The number of likely N-dealkylation sites (tertiary alicyclic amines) is 1. The van der Waals surface area contributed by atoms with Crippen LogP contribution in [0.1, 0.15) is 72.8 Å². The molecule has 33 heavy (non-hydrogen) atoms. The number of hydrogen-bond acceptors (Lipinski definition) is 6. The standard InChI is InChI=1S/C26H32N4O3/c1-32-23-11-5-7-18-12-13-21(27-25(18)23)17-30-14-6-8-19(16-30)22-15-24(33-29-22)26(31)28-20-9-3-2-4-10-20/h5,7,11-13,15,19-20H,2-4,6,8-10,14,16-17H2,1H3,(H,28,31)/t19-/m1/s1. The van der Waals surface area contributed by atoms with E-state index in [1.165, 1.54) is 19.3 Å². The zero-order valence-corrected chi connectivity index (χ0v) is 19.3. The van der Waals surface area contributed by atoms with E-state index >= 15 is 0 Å². The number of benzene rings is 1. The third kappa shape index (κ3) is 5.03. The number of ether oxygens (including phenoxy) is 1. The number of nitrogens with zero attached hydrogens (tertiary/aromatic N) is 3. The number of fused-ring (bicyclic) bond motifs is 1. The van der Waals surface area contributed by atoms with Gasteiger partial charge in [-0.15, -0.1) is 0 Å². The molecule has 174 valence electrons. The maximum atomic E-state index is 12.6. The summed E-state index contributed by atoms with van der Waals surface area (Å²) in [4.78, 5) is 19.9. The largest absolute Gasteiger partial charge is 0.494 e. The average Bonchev–Trinajstić information content (AvgIpc) is 3.35. The summed E-state index contributed by atoms with van der Waals surface area (Å²) in [7, 11) is 1.68. The molecule has 5 rings (SSSR count). The highest BCUT2D eigenvalue weighted by Crippen LogP contribution is 2.29. The van der Waals surface area contributed by atoms with Gasteiger partial charge in [0.2, 0.25) is 5.76 Å². The van der Waals surface area contributed by atoms with Crippen LogP contribution in [0.15, 0.2) is 40.9 Å². The van der Waals surface area contributed by atoms with Crippen molar-refractivity contribution in [1.29, 1.82) is 0 Å². The summed E-state index contributed by atoms with van der Waals surface area (Å²) in [6.45, 7) is 2.67. The first-order valence-electron chi connectivity index (χ1n) is 12.1. The maximum Gasteiger partial charge on any atom is 0.290 e. The Morgan fingerprint density at radius 1 is 1.15 bits per heavy atom. The topological polar surface area (TPSA) is 80.5 Å². The maximum absolute atomic E-state index is 12.6. The van der Waals surface area contributed by atoms with Gasteiger partial charge in [0.05, 0.1) is 18.5 Å². The number of para-hydroxylation sites is 1. The van der Waals surface area contributed by atoms with Crippen LogP contribution in [0.5, 0.6) is 5.75 Å². The normalized spacial score (nSPS) is 20.1. The highest BCUT2D eigenvalue weighted by atomic mass is 16.5. The van der Waals surface area contributed by atoms with Gasteiger partial charge >= 0.3 is 0 Å². The highest BCUT2D eigenvalue weighted by molar-refractivity contribution is 5.91. The summed E-state index contributed by atoms with van der Waals surface area (Å²) in [5.41, 5.74) is 2.80. The van der Waals surface area contributed by atoms with Crippen molar-refractivity contribution in [2.75, 3.05) is 20.2 Å². The van der Waals surface area contributed by atoms with E-state index in [0.717, 1.165) is 73.4 Å². The Bertz CT molecular complexity index is 1110. The summed E-state index contributed by atoms with van der Waals surface area (Å²) >= 11 is 0. The van der Waals surface area contributed by atoms with Gasteiger partial charge in [-0.1, -0.05) is 42.6 Å². The van der Waals surface area contributed by atoms with E-state index in [2.05, 4.69) is 33.6 Å². The number of piperidine rings is 1. The van der Waals surface area contributed by atoms with Crippen LogP contribution in [0.3, 0.4) is 0 Å². The quantitative estimate of drug-likeness (QED) is 0.590. The van der Waals surface area contributed by atoms with Crippen LogP contribution >= 0.6 is 0 Å². The van der Waals surface area contributed by atoms with Crippen molar-refractivity contribution in [3.8, 4) is 5.75 Å². The molecule has 1 saturated heterocycles. The molecular weight excluding hydrogens is 416 g/mol. The van der Waals surface area contributed by atoms with Crippen molar-refractivity contribution in [3.05, 3.63) is 53.5 Å². The molecule has 0 radical (unpaired) electrons. The van der Waals surface area contributed by atoms with Gasteiger partial charge in [-0.3, -0.25) is 9.69 Å². The Kier molecular flexibility index (Phi) is 6.58. The number of carbonyl (C=O) groups is 1. The second kappa shape index (κ2) is 9.91. The number of aromatic nitrogens is 2. The first kappa shape index (κ1) is 21.9. The van der Waals surface area contributed by atoms with Crippen molar-refractivity contribution in [3.63, 3.8) is 0 Å². The van der Waals surface area contributed by atoms with Crippen LogP contribution in [0, 0.1) is 0 Å². The van der Waals surface area contributed by atoms with Gasteiger partial charge in [-0.2, -0.15) is 0 Å². The molecule has 1 saturated carbocycles. The highest BCUT2D eigenvalue weighted by Gasteiger charge is 2.26. The lowest BCUT2D eigenvalue weighted by Crippen LogP contribution is -2.36. The number of rotatable bonds is 6. The third-order valence-electron chi connectivity index (χ3n) is 6.96. The average molecular weight is 449 g/mol. The monoisotopic (exact) mass is 448 g/mol. The number of carbonyl (C=O) groups excluding carboxylic acids is 1. The molecular formula is C26H32N4O3. The van der Waals surface area contributed by atoms with Crippen LogP contribution in [0.4, 0.5) is 0 Å². The summed E-state index contributed by atoms with van der Waals surface area (Å²) in [5.74, 6) is 1.25. The molecule has 1 amide bonds. The van der Waals surface area contributed by atoms with Crippen molar-refractivity contribution in [1.82, 2.24) is 20.4 Å². The zero-order chi connectivity index (χ0) is 22.6. The molecule has 0 unspecified atom stereocenters. The molecule has 1 N–H and O–H groups in total. The minimum atomic E-state index is -0.136. The molecule has 0 bridgehead atoms. The molecule has 1 aromatic carbocycles. The predicted molar refractivity (Wildman–Crippen MR) is 126 cm³/mol. The lowest BCUT2D eigenvalue weighted by atomic mass is 9.94. The van der Waals surface area contributed by atoms with Crippen molar-refractivity contribution in [2.24, 2.45) is 0 Å². The molecule has 1 atom stereocenters. The smallest absolute Gasteiger partial charge is 0.290 e. The first-order chi connectivity index (χ1) is 16.2. The molecule has 7 heteroatoms. The van der Waals surface area contributed by atoms with Crippen LogP contribution in [0.25, 0.3) is 10.9 Å². The fourth-order valence-electron chi connectivity index (χ4n) is 5.17. The fraction of sp³-hybridized carbons (Fsp3) is 0.500. The van der Waals surface area contributed by atoms with E-state index in [1.807, 2.05) is 18.2 Å². The Hall–Kier alpha value is -2.93. The second-order valence-corrected chi connectivity index (χ2v) is 9.33. The minimum absolute atomic E-state index is 0.136. The lowest BCUT2D eigenvalue weighted by molar-refractivity contribution is 0.0890. The van der Waals surface area contributed by atoms with E-state index < -0.39 is 0 Å². The third-order valence-corrected chi connectivity index (χ3v) is 6.96. The number of amides is 1. The van der Waals surface area contributed by atoms with Gasteiger partial charge in [0.15, 0.2) is 0 Å². The number of nitrogens with one attached hydrogen (secondary N) is 1. The van der Waals surface area contributed by atoms with Crippen molar-refractivity contribution in [2.45, 2.75) is 63.5 Å². The van der Waals surface area contributed by atoms with Gasteiger partial charge in [-0.25, -0.2) is 4.98 Å². The first-order valence-corrected chi connectivity index (χ1v) is 12.1. The summed E-state index contributed by atoms with van der Waals surface area (Å²) in [6.07, 6.45) is 7.87. The van der Waals surface area contributed by atoms with Gasteiger partial charge < -0.3 is 14.6 Å². The van der Waals surface area contributed by atoms with E-state index in [4.69, 9.17) is 14.2 Å². The van der Waals surface area contributed by atoms with Crippen LogP contribution < -0.4 is 10.1 Å². The van der Waals surface area contributed by atoms with E-state index in [-0.39, 0.29) is 17.9 Å². The second-order valence-electron chi connectivity index (χ2n) is 9.33. The molecule has 3 heterocycles.